The fourth-order valence-corrected chi connectivity index (χ4v) is 5.27. The maximum absolute atomic E-state index is 5.97. The molecular weight excluding hydrogens is 544 g/mol. The Hall–Kier alpha value is -2.32. The normalized spacial score (nSPS) is 18.8. The second-order valence-electron chi connectivity index (χ2n) is 11.6. The maximum Gasteiger partial charge on any atom is 0.157 e. The van der Waals surface area contributed by atoms with Gasteiger partial charge in [-0.05, 0) is 113 Å². The van der Waals surface area contributed by atoms with Crippen LogP contribution in [-0.2, 0) is 25.6 Å². The van der Waals surface area contributed by atoms with Gasteiger partial charge in [-0.2, -0.15) is 0 Å². The van der Waals surface area contributed by atoms with Crippen molar-refractivity contribution in [3.8, 4) is 17.2 Å². The number of hydrogen-bond donors (Lipinski definition) is 0. The van der Waals surface area contributed by atoms with E-state index >= 15 is 0 Å². The molecule has 2 aromatic rings. The lowest BCUT2D eigenvalue weighted by molar-refractivity contribution is -0.163. The third-order valence-corrected chi connectivity index (χ3v) is 7.90. The molecular formula is C36H54O7. The number of ether oxygens (including phenoxy) is 7. The van der Waals surface area contributed by atoms with Crippen molar-refractivity contribution in [2.24, 2.45) is 0 Å². The van der Waals surface area contributed by atoms with Gasteiger partial charge in [0.2, 0.25) is 0 Å². The van der Waals surface area contributed by atoms with Crippen LogP contribution >= 0.6 is 0 Å². The van der Waals surface area contributed by atoms with Crippen LogP contribution in [0.25, 0.3) is 0 Å². The molecule has 0 spiro atoms. The van der Waals surface area contributed by atoms with Crippen LogP contribution in [0.3, 0.4) is 0 Å². The minimum atomic E-state index is 0.0262. The predicted molar refractivity (Wildman–Crippen MR) is 169 cm³/mol. The summed E-state index contributed by atoms with van der Waals surface area (Å²) in [5, 5.41) is 0. The van der Waals surface area contributed by atoms with Gasteiger partial charge < -0.3 is 33.2 Å². The summed E-state index contributed by atoms with van der Waals surface area (Å²) in [6, 6.07) is 16.1. The highest BCUT2D eigenvalue weighted by molar-refractivity contribution is 5.32. The van der Waals surface area contributed by atoms with Crippen molar-refractivity contribution in [3.05, 3.63) is 54.1 Å². The molecule has 0 aliphatic carbocycles. The second-order valence-corrected chi connectivity index (χ2v) is 11.6. The molecule has 0 saturated carbocycles. The highest BCUT2D eigenvalue weighted by atomic mass is 16.7. The van der Waals surface area contributed by atoms with Gasteiger partial charge in [-0.3, -0.25) is 0 Å². The highest BCUT2D eigenvalue weighted by Crippen LogP contribution is 2.21. The van der Waals surface area contributed by atoms with E-state index in [-0.39, 0.29) is 12.6 Å². The molecule has 43 heavy (non-hydrogen) atoms. The Balaban J connectivity index is 0.957. The average molecular weight is 599 g/mol. The quantitative estimate of drug-likeness (QED) is 0.126. The summed E-state index contributed by atoms with van der Waals surface area (Å²) in [5.74, 6) is 2.63. The lowest BCUT2D eigenvalue weighted by Crippen LogP contribution is -2.22. The van der Waals surface area contributed by atoms with E-state index in [1.807, 2.05) is 36.4 Å². The Morgan fingerprint density at radius 2 is 0.884 bits per heavy atom. The van der Waals surface area contributed by atoms with E-state index < -0.39 is 0 Å². The smallest absolute Gasteiger partial charge is 0.157 e. The van der Waals surface area contributed by atoms with Gasteiger partial charge in [-0.1, -0.05) is 37.8 Å². The Morgan fingerprint density at radius 3 is 1.35 bits per heavy atom. The van der Waals surface area contributed by atoms with Crippen molar-refractivity contribution in [1.82, 2.24) is 0 Å². The summed E-state index contributed by atoms with van der Waals surface area (Å²) in [7, 11) is 0. The number of unbranched alkanes of at least 4 members (excludes halogenated alkanes) is 7. The molecule has 0 radical (unpaired) electrons. The van der Waals surface area contributed by atoms with E-state index in [0.29, 0.717) is 6.61 Å². The monoisotopic (exact) mass is 598 g/mol. The van der Waals surface area contributed by atoms with Crippen molar-refractivity contribution in [2.75, 3.05) is 39.6 Å². The van der Waals surface area contributed by atoms with Crippen LogP contribution in [-0.4, -0.2) is 52.2 Å². The summed E-state index contributed by atoms with van der Waals surface area (Å²) >= 11 is 0. The average Bonchev–Trinajstić information content (AvgIpc) is 3.06. The lowest BCUT2D eigenvalue weighted by atomic mass is 10.1. The molecule has 0 N–H and O–H groups in total. The molecule has 0 bridgehead atoms. The zero-order valence-corrected chi connectivity index (χ0v) is 26.2. The number of benzene rings is 2. The third kappa shape index (κ3) is 14.8. The molecule has 2 aliphatic heterocycles. The molecule has 2 heterocycles. The van der Waals surface area contributed by atoms with Crippen LogP contribution in [0.4, 0.5) is 0 Å². The largest absolute Gasteiger partial charge is 0.494 e. The van der Waals surface area contributed by atoms with E-state index in [9.17, 15) is 0 Å². The fraction of sp³-hybridized carbons (Fsp3) is 0.667. The number of hydrogen-bond acceptors (Lipinski definition) is 7. The molecule has 2 atom stereocenters. The molecule has 7 nitrogen and oxygen atoms in total. The topological polar surface area (TPSA) is 64.6 Å². The molecule has 2 unspecified atom stereocenters. The standard InChI is InChI=1S/C36H54O7/c1(3-10-26-39-35-14-6-12-28-41-35)2-8-24-37-32-18-16-31(17-19-32)30-43-34-22-20-33(21-23-34)38-25-9-4-5-11-27-40-36-15-7-13-29-42-36/h16-23,35-36H,1-15,24-30H2. The lowest BCUT2D eigenvalue weighted by Gasteiger charge is -2.22. The van der Waals surface area contributed by atoms with Crippen LogP contribution in [0.15, 0.2) is 48.5 Å². The summed E-state index contributed by atoms with van der Waals surface area (Å²) in [4.78, 5) is 0. The first-order chi connectivity index (χ1) is 21.3. The number of rotatable bonds is 22. The van der Waals surface area contributed by atoms with Gasteiger partial charge in [-0.15, -0.1) is 0 Å². The van der Waals surface area contributed by atoms with E-state index in [2.05, 4.69) is 12.1 Å². The highest BCUT2D eigenvalue weighted by Gasteiger charge is 2.14. The zero-order chi connectivity index (χ0) is 29.6. The molecule has 0 amide bonds. The minimum Gasteiger partial charge on any atom is -0.494 e. The predicted octanol–water partition coefficient (Wildman–Crippen LogP) is 8.62. The van der Waals surface area contributed by atoms with E-state index in [0.717, 1.165) is 120 Å². The summed E-state index contributed by atoms with van der Waals surface area (Å²) in [6.45, 7) is 5.30. The van der Waals surface area contributed by atoms with Gasteiger partial charge in [-0.25, -0.2) is 0 Å². The SMILES string of the molecule is c1cc(OCCCCCCCOC2CCCCO2)ccc1COc1ccc(OCCCCCCOC2CCCCO2)cc1. The van der Waals surface area contributed by atoms with Gasteiger partial charge in [0, 0.05) is 26.4 Å². The first-order valence-electron chi connectivity index (χ1n) is 16.9. The molecule has 240 valence electrons. The Bertz CT molecular complexity index is 937. The van der Waals surface area contributed by atoms with Gasteiger partial charge >= 0.3 is 0 Å². The van der Waals surface area contributed by atoms with Gasteiger partial charge in [0.05, 0.1) is 13.2 Å². The summed E-state index contributed by atoms with van der Waals surface area (Å²) in [5.41, 5.74) is 1.12. The molecule has 0 aromatic heterocycles. The van der Waals surface area contributed by atoms with Crippen molar-refractivity contribution in [3.63, 3.8) is 0 Å². The summed E-state index contributed by atoms with van der Waals surface area (Å²) in [6.07, 6.45) is 17.1. The van der Waals surface area contributed by atoms with E-state index in [4.69, 9.17) is 33.2 Å². The zero-order valence-electron chi connectivity index (χ0n) is 26.2. The van der Waals surface area contributed by atoms with Crippen LogP contribution in [0.1, 0.15) is 102 Å². The molecule has 2 fully saturated rings. The van der Waals surface area contributed by atoms with Crippen LogP contribution in [0.2, 0.25) is 0 Å². The molecule has 2 saturated heterocycles. The molecule has 2 aliphatic rings. The van der Waals surface area contributed by atoms with Crippen molar-refractivity contribution < 1.29 is 33.2 Å². The minimum absolute atomic E-state index is 0.0262. The Kier molecular flexibility index (Phi) is 16.7. The van der Waals surface area contributed by atoms with Crippen molar-refractivity contribution in [1.29, 1.82) is 0 Å². The maximum atomic E-state index is 5.97. The molecule has 4 rings (SSSR count). The van der Waals surface area contributed by atoms with Crippen molar-refractivity contribution in [2.45, 2.75) is 115 Å². The van der Waals surface area contributed by atoms with E-state index in [1.165, 1.54) is 38.5 Å². The molecule has 7 heteroatoms. The van der Waals surface area contributed by atoms with Gasteiger partial charge in [0.15, 0.2) is 12.6 Å². The second kappa shape index (κ2) is 21.4. The van der Waals surface area contributed by atoms with Gasteiger partial charge in [0.1, 0.15) is 23.9 Å². The Labute approximate surface area is 259 Å². The Morgan fingerprint density at radius 1 is 0.465 bits per heavy atom. The van der Waals surface area contributed by atoms with Crippen LogP contribution in [0, 0.1) is 0 Å². The third-order valence-electron chi connectivity index (χ3n) is 7.90. The summed E-state index contributed by atoms with van der Waals surface area (Å²) < 4.78 is 40.6. The fourth-order valence-electron chi connectivity index (χ4n) is 5.27. The van der Waals surface area contributed by atoms with Crippen LogP contribution < -0.4 is 14.2 Å². The molecule has 2 aromatic carbocycles. The van der Waals surface area contributed by atoms with Gasteiger partial charge in [0.25, 0.3) is 0 Å². The van der Waals surface area contributed by atoms with Crippen molar-refractivity contribution >= 4 is 0 Å². The first kappa shape index (κ1) is 33.6. The van der Waals surface area contributed by atoms with Crippen LogP contribution in [0.5, 0.6) is 17.2 Å². The van der Waals surface area contributed by atoms with E-state index in [1.54, 1.807) is 0 Å². The first-order valence-corrected chi connectivity index (χ1v) is 16.9.